The zero-order chi connectivity index (χ0) is 54.2. The lowest BCUT2D eigenvalue weighted by molar-refractivity contribution is -0.141. The fraction of sp³-hybridized carbons (Fsp3) is 0.388. The summed E-state index contributed by atoms with van der Waals surface area (Å²) in [5.41, 5.74) is 0.00195. The molecule has 4 aromatic heterocycles. The number of fused-ring (bicyclic) bond motifs is 8. The van der Waals surface area contributed by atoms with Gasteiger partial charge >= 0.3 is 24.4 Å². The molecule has 3 fully saturated rings. The first-order chi connectivity index (χ1) is 36.8. The maximum absolute atomic E-state index is 13.5. The Kier molecular flexibility index (Phi) is 14.4. The first-order valence-electron chi connectivity index (χ1n) is 24.1. The largest absolute Gasteiger partial charge is 0.474 e. The third kappa shape index (κ3) is 11.7. The van der Waals surface area contributed by atoms with Crippen LogP contribution in [-0.2, 0) is 21.8 Å². The Hall–Kier alpha value is -8.08. The molecule has 77 heavy (non-hydrogen) atoms. The van der Waals surface area contributed by atoms with Crippen molar-refractivity contribution in [1.29, 1.82) is 0 Å². The molecule has 4 bridgehead atoms. The van der Waals surface area contributed by atoms with E-state index in [9.17, 15) is 41.0 Å². The number of nitrogens with zero attached hydrogens (tertiary/aromatic N) is 12. The molecule has 2 aromatic carbocycles. The normalized spacial score (nSPS) is 19.4. The maximum Gasteiger partial charge on any atom is 0.416 e. The molecule has 0 spiro atoms. The summed E-state index contributed by atoms with van der Waals surface area (Å²) in [7, 11) is 0. The zero-order valence-electron chi connectivity index (χ0n) is 40.9. The number of anilines is 6. The molecular weight excluding hydrogens is 1030 g/mol. The van der Waals surface area contributed by atoms with Crippen LogP contribution in [0.3, 0.4) is 0 Å². The number of carbonyl (C=O) groups excluding carboxylic acids is 2. The van der Waals surface area contributed by atoms with E-state index >= 15 is 0 Å². The lowest BCUT2D eigenvalue weighted by Gasteiger charge is -2.35. The van der Waals surface area contributed by atoms with Crippen LogP contribution in [0.2, 0.25) is 0 Å². The van der Waals surface area contributed by atoms with Crippen molar-refractivity contribution in [2.24, 2.45) is 0 Å². The summed E-state index contributed by atoms with van der Waals surface area (Å²) in [5.74, 6) is 0.808. The summed E-state index contributed by atoms with van der Waals surface area (Å²) >= 11 is 0. The van der Waals surface area contributed by atoms with Crippen molar-refractivity contribution >= 4 is 46.7 Å². The molecule has 3 saturated heterocycles. The van der Waals surface area contributed by atoms with Gasteiger partial charge in [0.2, 0.25) is 11.8 Å². The number of carbonyl (C=O) groups is 2. The monoisotopic (exact) mass is 1070 g/mol. The predicted octanol–water partition coefficient (Wildman–Crippen LogP) is 6.43. The highest BCUT2D eigenvalue weighted by molar-refractivity contribution is 6.05. The van der Waals surface area contributed by atoms with Crippen LogP contribution in [0.4, 0.5) is 70.6 Å². The number of nitrogens with one attached hydrogen (secondary N) is 2. The standard InChI is InChI=1S/C26H26F3N7O4.C23H22F3N7O4/c1-25(2)39-14-18(40-25)13-38-21-11-30-20(10-31-21)33-24(37)36-17-6-7-35(12-17)19-9-32-22(34-23(19)36)15-4-3-5-16(8-15)26(27,28)29;24-23(25,26)14-3-1-2-13(6-14)20-29-7-17-21(31-20)33(15-4-5-32(17)10-15)22(36)30-18-8-28-19(9-27-18)37-12-16(35)11-34/h3-5,8-11,17-18H,6-7,12-14H2,1-2H3,(H,30,33,37);1-3,6-9,15-16,34-35H,4-5,10-12H2,(H,27,30,36)/t17-,18-;15-,16+/m00/s1. The smallest absolute Gasteiger partial charge is 0.416 e. The molecule has 6 aromatic rings. The summed E-state index contributed by atoms with van der Waals surface area (Å²) in [4.78, 5) is 68.0. The Bertz CT molecular complexity index is 3120. The van der Waals surface area contributed by atoms with Crippen molar-refractivity contribution in [3.63, 3.8) is 0 Å². The number of ether oxygens (including phenoxy) is 4. The van der Waals surface area contributed by atoms with Crippen LogP contribution < -0.4 is 39.7 Å². The molecule has 0 radical (unpaired) electrons. The SMILES string of the molecule is CC1(C)OC[C@H](COc2cnc(NC(=O)N3c4nc(-c5cccc(C(F)(F)F)c5)ncc4N4CC[C@H]3C4)cn2)O1.O=C(Nc1cnc(OC[C@H](O)CO)cn1)N1c2nc(-c3cccc(C(F)(F)F)c3)ncc2N2CC[C@H]1C2. The topological polar surface area (TPSA) is 252 Å². The van der Waals surface area contributed by atoms with E-state index in [4.69, 9.17) is 24.1 Å². The minimum absolute atomic E-state index is 0.0662. The molecular formula is C49H48F6N14O8. The van der Waals surface area contributed by atoms with Gasteiger partial charge in [-0.05, 0) is 51.0 Å². The van der Waals surface area contributed by atoms with Gasteiger partial charge in [0.05, 0.1) is 85.0 Å². The number of benzene rings is 2. The molecule has 5 aliphatic rings. The lowest BCUT2D eigenvalue weighted by Crippen LogP contribution is -2.48. The minimum atomic E-state index is -4.51. The number of rotatable bonds is 11. The third-order valence-corrected chi connectivity index (χ3v) is 12.9. The van der Waals surface area contributed by atoms with Gasteiger partial charge in [0.25, 0.3) is 0 Å². The molecule has 404 valence electrons. The summed E-state index contributed by atoms with van der Waals surface area (Å²) < 4.78 is 102. The van der Waals surface area contributed by atoms with E-state index in [0.29, 0.717) is 68.6 Å². The molecule has 4 amide bonds. The minimum Gasteiger partial charge on any atom is -0.474 e. The predicted molar refractivity (Wildman–Crippen MR) is 262 cm³/mol. The Balaban J connectivity index is 0.000000175. The van der Waals surface area contributed by atoms with E-state index in [2.05, 4.69) is 55.4 Å². The Morgan fingerprint density at radius 3 is 1.64 bits per heavy atom. The van der Waals surface area contributed by atoms with Gasteiger partial charge < -0.3 is 39.0 Å². The van der Waals surface area contributed by atoms with Crippen LogP contribution in [-0.4, -0.2) is 145 Å². The van der Waals surface area contributed by atoms with Crippen LogP contribution in [0.25, 0.3) is 22.8 Å². The fourth-order valence-corrected chi connectivity index (χ4v) is 9.20. The molecule has 28 heteroatoms. The highest BCUT2D eigenvalue weighted by Crippen LogP contribution is 2.42. The van der Waals surface area contributed by atoms with Crippen molar-refractivity contribution in [3.8, 4) is 34.5 Å². The number of aliphatic hydroxyl groups excluding tert-OH is 2. The average molecular weight is 1080 g/mol. The molecule has 22 nitrogen and oxygen atoms in total. The van der Waals surface area contributed by atoms with Crippen LogP contribution in [0, 0.1) is 0 Å². The number of hydrogen-bond acceptors (Lipinski definition) is 18. The van der Waals surface area contributed by atoms with E-state index in [1.54, 1.807) is 6.20 Å². The van der Waals surface area contributed by atoms with Gasteiger partial charge in [-0.25, -0.2) is 49.5 Å². The van der Waals surface area contributed by atoms with Gasteiger partial charge in [-0.1, -0.05) is 24.3 Å². The molecule has 4 atom stereocenters. The highest BCUT2D eigenvalue weighted by atomic mass is 19.4. The number of alkyl halides is 6. The van der Waals surface area contributed by atoms with Crippen molar-refractivity contribution in [2.45, 2.75) is 69.1 Å². The maximum atomic E-state index is 13.5. The highest BCUT2D eigenvalue weighted by Gasteiger charge is 2.43. The first kappa shape index (κ1) is 52.4. The fourth-order valence-electron chi connectivity index (χ4n) is 9.20. The second-order valence-corrected chi connectivity index (χ2v) is 18.7. The van der Waals surface area contributed by atoms with Crippen molar-refractivity contribution in [2.75, 3.05) is 82.8 Å². The van der Waals surface area contributed by atoms with E-state index < -0.39 is 54.0 Å². The number of urea groups is 2. The third-order valence-electron chi connectivity index (χ3n) is 12.9. The summed E-state index contributed by atoms with van der Waals surface area (Å²) in [6.45, 7) is 6.20. The van der Waals surface area contributed by atoms with Gasteiger partial charge in [0, 0.05) is 37.3 Å². The quantitative estimate of drug-likeness (QED) is 0.102. The second kappa shape index (κ2) is 21.2. The molecule has 0 saturated carbocycles. The van der Waals surface area contributed by atoms with Gasteiger partial charge in [-0.3, -0.25) is 20.4 Å². The lowest BCUT2D eigenvalue weighted by atomic mass is 10.1. The second-order valence-electron chi connectivity index (χ2n) is 18.7. The molecule has 11 rings (SSSR count). The van der Waals surface area contributed by atoms with Gasteiger partial charge in [-0.15, -0.1) is 0 Å². The van der Waals surface area contributed by atoms with Crippen LogP contribution in [0.1, 0.15) is 37.8 Å². The van der Waals surface area contributed by atoms with Crippen LogP contribution in [0.5, 0.6) is 11.8 Å². The number of halogens is 6. The Labute approximate surface area is 434 Å². The van der Waals surface area contributed by atoms with E-state index in [0.717, 1.165) is 24.3 Å². The van der Waals surface area contributed by atoms with Crippen molar-refractivity contribution < 1.29 is 65.1 Å². The Morgan fingerprint density at radius 1 is 0.714 bits per heavy atom. The number of aromatic nitrogens is 8. The summed E-state index contributed by atoms with van der Waals surface area (Å²) in [5, 5.41) is 23.6. The summed E-state index contributed by atoms with van der Waals surface area (Å²) in [6.07, 6.45) is -0.558. The molecule has 0 aliphatic carbocycles. The van der Waals surface area contributed by atoms with Gasteiger partial charge in [0.15, 0.2) is 40.7 Å². The molecule has 0 unspecified atom stereocenters. The first-order valence-corrected chi connectivity index (χ1v) is 24.1. The number of hydrogen-bond donors (Lipinski definition) is 4. The van der Waals surface area contributed by atoms with Crippen molar-refractivity contribution in [1.82, 2.24) is 39.9 Å². The van der Waals surface area contributed by atoms with Crippen LogP contribution >= 0.6 is 0 Å². The average Bonchev–Trinajstić information content (AvgIpc) is 4.14. The van der Waals surface area contributed by atoms with Crippen molar-refractivity contribution in [3.05, 3.63) is 96.8 Å². The van der Waals surface area contributed by atoms with Crippen LogP contribution in [0.15, 0.2) is 85.7 Å². The van der Waals surface area contributed by atoms with E-state index in [-0.39, 0.29) is 77.6 Å². The molecule has 9 heterocycles. The van der Waals surface area contributed by atoms with E-state index in [1.807, 2.05) is 18.7 Å². The number of amides is 4. The van der Waals surface area contributed by atoms with E-state index in [1.165, 1.54) is 65.0 Å². The molecule has 4 N–H and O–H groups in total. The molecule has 5 aliphatic heterocycles. The van der Waals surface area contributed by atoms with Gasteiger partial charge in [0.1, 0.15) is 25.4 Å². The zero-order valence-corrected chi connectivity index (χ0v) is 40.9. The van der Waals surface area contributed by atoms with Gasteiger partial charge in [-0.2, -0.15) is 26.3 Å². The summed E-state index contributed by atoms with van der Waals surface area (Å²) in [6, 6.07) is 8.12. The number of aliphatic hydroxyl groups is 2. The Morgan fingerprint density at radius 2 is 1.21 bits per heavy atom.